The van der Waals surface area contributed by atoms with Crippen LogP contribution in [0, 0.1) is 0 Å². The van der Waals surface area contributed by atoms with Crippen LogP contribution in [-0.2, 0) is 10.0 Å². The predicted molar refractivity (Wildman–Crippen MR) is 117 cm³/mol. The molecule has 6 heteroatoms. The van der Waals surface area contributed by atoms with Crippen molar-refractivity contribution in [1.82, 2.24) is 4.90 Å². The second-order valence-corrected chi connectivity index (χ2v) is 9.45. The van der Waals surface area contributed by atoms with Crippen LogP contribution in [0.4, 0.5) is 5.69 Å². The lowest BCUT2D eigenvalue weighted by Gasteiger charge is -2.27. The molecule has 1 aliphatic rings. The van der Waals surface area contributed by atoms with E-state index in [-0.39, 0.29) is 16.8 Å². The summed E-state index contributed by atoms with van der Waals surface area (Å²) < 4.78 is 27.6. The van der Waals surface area contributed by atoms with Crippen molar-refractivity contribution in [2.24, 2.45) is 0 Å². The molecule has 0 aliphatic heterocycles. The van der Waals surface area contributed by atoms with Crippen LogP contribution in [-0.4, -0.2) is 38.9 Å². The van der Waals surface area contributed by atoms with Crippen molar-refractivity contribution < 1.29 is 13.2 Å². The normalized spacial score (nSPS) is 15.5. The first kappa shape index (κ1) is 21.4. The predicted octanol–water partition coefficient (Wildman–Crippen LogP) is 4.70. The number of hydrogen-bond donors (Lipinski definition) is 0. The lowest BCUT2D eigenvalue weighted by Crippen LogP contribution is -2.36. The van der Waals surface area contributed by atoms with Gasteiger partial charge in [0.05, 0.1) is 10.6 Å². The van der Waals surface area contributed by atoms with Crippen LogP contribution in [0.3, 0.4) is 0 Å². The van der Waals surface area contributed by atoms with Crippen molar-refractivity contribution in [1.29, 1.82) is 0 Å². The number of nitrogens with zero attached hydrogens (tertiary/aromatic N) is 2. The molecule has 156 valence electrons. The van der Waals surface area contributed by atoms with Gasteiger partial charge in [-0.05, 0) is 56.2 Å². The molecular weight excluding hydrogens is 384 g/mol. The Kier molecular flexibility index (Phi) is 6.96. The summed E-state index contributed by atoms with van der Waals surface area (Å²) in [6, 6.07) is 15.6. The lowest BCUT2D eigenvalue weighted by atomic mass is 10.1. The number of para-hydroxylation sites is 1. The van der Waals surface area contributed by atoms with Crippen LogP contribution in [0.2, 0.25) is 0 Å². The van der Waals surface area contributed by atoms with Gasteiger partial charge in [-0.1, -0.05) is 43.9 Å². The van der Waals surface area contributed by atoms with Gasteiger partial charge in [0.2, 0.25) is 0 Å². The molecule has 1 amide bonds. The van der Waals surface area contributed by atoms with Crippen molar-refractivity contribution in [3.8, 4) is 0 Å². The van der Waals surface area contributed by atoms with Crippen molar-refractivity contribution >= 4 is 21.6 Å². The molecule has 29 heavy (non-hydrogen) atoms. The van der Waals surface area contributed by atoms with E-state index in [1.54, 1.807) is 24.3 Å². The summed E-state index contributed by atoms with van der Waals surface area (Å²) in [7, 11) is -1.83. The molecule has 2 aromatic carbocycles. The molecule has 0 radical (unpaired) electrons. The number of benzene rings is 2. The van der Waals surface area contributed by atoms with Gasteiger partial charge in [-0.3, -0.25) is 9.10 Å². The standard InChI is InChI=1S/C23H30N2O3S/c1-3-25(21-13-9-6-10-14-21)29(27,28)22-17-15-19(16-18-22)23(26)24(2)20-11-7-4-5-8-12-20/h6,9-10,13-18,20H,3-5,7-8,11-12H2,1-2H3. The summed E-state index contributed by atoms with van der Waals surface area (Å²) in [4.78, 5) is 14.9. The molecule has 1 aliphatic carbocycles. The summed E-state index contributed by atoms with van der Waals surface area (Å²) in [5, 5.41) is 0. The Morgan fingerprint density at radius 3 is 2.07 bits per heavy atom. The second-order valence-electron chi connectivity index (χ2n) is 7.59. The van der Waals surface area contributed by atoms with E-state index in [4.69, 9.17) is 0 Å². The quantitative estimate of drug-likeness (QED) is 0.644. The first-order valence-corrected chi connectivity index (χ1v) is 11.8. The fourth-order valence-electron chi connectivity index (χ4n) is 4.00. The minimum absolute atomic E-state index is 0.0451. The molecule has 0 aromatic heterocycles. The molecule has 0 N–H and O–H groups in total. The second kappa shape index (κ2) is 9.44. The lowest BCUT2D eigenvalue weighted by molar-refractivity contribution is 0.0717. The molecule has 0 bridgehead atoms. The highest BCUT2D eigenvalue weighted by molar-refractivity contribution is 7.92. The molecule has 0 spiro atoms. The number of amides is 1. The van der Waals surface area contributed by atoms with E-state index in [1.165, 1.54) is 29.3 Å². The highest BCUT2D eigenvalue weighted by atomic mass is 32.2. The van der Waals surface area contributed by atoms with Gasteiger partial charge < -0.3 is 4.90 Å². The van der Waals surface area contributed by atoms with Gasteiger partial charge in [0, 0.05) is 25.2 Å². The molecule has 3 rings (SSSR count). The Bertz CT molecular complexity index is 903. The van der Waals surface area contributed by atoms with Crippen LogP contribution in [0.1, 0.15) is 55.8 Å². The number of rotatable bonds is 6. The van der Waals surface area contributed by atoms with Crippen LogP contribution in [0.15, 0.2) is 59.5 Å². The van der Waals surface area contributed by atoms with Gasteiger partial charge in [0.1, 0.15) is 0 Å². The number of sulfonamides is 1. The Balaban J connectivity index is 1.79. The van der Waals surface area contributed by atoms with E-state index in [1.807, 2.05) is 37.1 Å². The van der Waals surface area contributed by atoms with Gasteiger partial charge in [0.15, 0.2) is 0 Å². The van der Waals surface area contributed by atoms with Crippen LogP contribution < -0.4 is 4.31 Å². The molecule has 1 saturated carbocycles. The third-order valence-corrected chi connectivity index (χ3v) is 7.63. The average molecular weight is 415 g/mol. The molecule has 2 aromatic rings. The number of anilines is 1. The van der Waals surface area contributed by atoms with E-state index in [9.17, 15) is 13.2 Å². The average Bonchev–Trinajstić information content (AvgIpc) is 3.03. The molecule has 0 heterocycles. The number of carbonyl (C=O) groups is 1. The summed E-state index contributed by atoms with van der Waals surface area (Å²) in [5.74, 6) is -0.0451. The van der Waals surface area contributed by atoms with Crippen molar-refractivity contribution in [3.63, 3.8) is 0 Å². The Labute approximate surface area is 174 Å². The van der Waals surface area contributed by atoms with E-state index in [2.05, 4.69) is 0 Å². The van der Waals surface area contributed by atoms with E-state index < -0.39 is 10.0 Å². The first-order valence-electron chi connectivity index (χ1n) is 10.4. The zero-order valence-electron chi connectivity index (χ0n) is 17.3. The molecule has 0 saturated heterocycles. The number of carbonyl (C=O) groups excluding carboxylic acids is 1. The molecule has 1 fully saturated rings. The minimum Gasteiger partial charge on any atom is -0.339 e. The third-order valence-electron chi connectivity index (χ3n) is 5.71. The highest BCUT2D eigenvalue weighted by Crippen LogP contribution is 2.25. The van der Waals surface area contributed by atoms with Gasteiger partial charge in [-0.2, -0.15) is 0 Å². The van der Waals surface area contributed by atoms with Crippen molar-refractivity contribution in [2.75, 3.05) is 17.9 Å². The monoisotopic (exact) mass is 414 g/mol. The fraction of sp³-hybridized carbons (Fsp3) is 0.435. The molecular formula is C23H30N2O3S. The first-order chi connectivity index (χ1) is 13.9. The fourth-order valence-corrected chi connectivity index (χ4v) is 5.47. The highest BCUT2D eigenvalue weighted by Gasteiger charge is 2.25. The van der Waals surface area contributed by atoms with Gasteiger partial charge in [-0.15, -0.1) is 0 Å². The van der Waals surface area contributed by atoms with Gasteiger partial charge >= 0.3 is 0 Å². The van der Waals surface area contributed by atoms with Crippen molar-refractivity contribution in [2.45, 2.75) is 56.4 Å². The van der Waals surface area contributed by atoms with E-state index in [0.29, 0.717) is 17.8 Å². The van der Waals surface area contributed by atoms with Crippen LogP contribution >= 0.6 is 0 Å². The topological polar surface area (TPSA) is 57.7 Å². The van der Waals surface area contributed by atoms with E-state index >= 15 is 0 Å². The maximum Gasteiger partial charge on any atom is 0.264 e. The molecule has 0 atom stereocenters. The van der Waals surface area contributed by atoms with Crippen LogP contribution in [0.5, 0.6) is 0 Å². The van der Waals surface area contributed by atoms with Gasteiger partial charge in [-0.25, -0.2) is 8.42 Å². The summed E-state index contributed by atoms with van der Waals surface area (Å²) in [6.07, 6.45) is 6.87. The SMILES string of the molecule is CCN(c1ccccc1)S(=O)(=O)c1ccc(C(=O)N(C)C2CCCCCC2)cc1. The summed E-state index contributed by atoms with van der Waals surface area (Å²) in [6.45, 7) is 2.14. The maximum absolute atomic E-state index is 13.1. The summed E-state index contributed by atoms with van der Waals surface area (Å²) in [5.41, 5.74) is 1.15. The Morgan fingerprint density at radius 1 is 0.931 bits per heavy atom. The zero-order valence-corrected chi connectivity index (χ0v) is 18.1. The smallest absolute Gasteiger partial charge is 0.264 e. The largest absolute Gasteiger partial charge is 0.339 e. The molecule has 5 nitrogen and oxygen atoms in total. The maximum atomic E-state index is 13.1. The van der Waals surface area contributed by atoms with E-state index in [0.717, 1.165) is 25.7 Å². The summed E-state index contributed by atoms with van der Waals surface area (Å²) >= 11 is 0. The van der Waals surface area contributed by atoms with Crippen molar-refractivity contribution in [3.05, 3.63) is 60.2 Å². The number of hydrogen-bond acceptors (Lipinski definition) is 3. The third kappa shape index (κ3) is 4.81. The van der Waals surface area contributed by atoms with Gasteiger partial charge in [0.25, 0.3) is 15.9 Å². The van der Waals surface area contributed by atoms with Crippen LogP contribution in [0.25, 0.3) is 0 Å². The minimum atomic E-state index is -3.68. The Hall–Kier alpha value is -2.34. The zero-order chi connectivity index (χ0) is 20.9. The molecule has 0 unspecified atom stereocenters. The Morgan fingerprint density at radius 2 is 1.52 bits per heavy atom.